The molecule has 0 spiro atoms. The van der Waals surface area contributed by atoms with Crippen molar-refractivity contribution in [2.75, 3.05) is 0 Å². The minimum absolute atomic E-state index is 0.0171. The van der Waals surface area contributed by atoms with Gasteiger partial charge in [-0.3, -0.25) is 4.79 Å². The van der Waals surface area contributed by atoms with Crippen molar-refractivity contribution >= 4 is 21.7 Å². The molecule has 0 aliphatic carbocycles. The molecule has 0 N–H and O–H groups in total. The quantitative estimate of drug-likeness (QED) is 0.742. The molecule has 17 heavy (non-hydrogen) atoms. The highest BCUT2D eigenvalue weighted by Gasteiger charge is 2.14. The fourth-order valence-corrected chi connectivity index (χ4v) is 1.99. The van der Waals surface area contributed by atoms with Crippen LogP contribution in [0.5, 0.6) is 0 Å². The first-order valence-corrected chi connectivity index (χ1v) is 6.35. The van der Waals surface area contributed by atoms with E-state index in [0.29, 0.717) is 6.42 Å². The molecule has 1 aromatic rings. The Morgan fingerprint density at radius 1 is 1.35 bits per heavy atom. The van der Waals surface area contributed by atoms with Gasteiger partial charge in [0.05, 0.1) is 4.47 Å². The monoisotopic (exact) mass is 304 g/mol. The van der Waals surface area contributed by atoms with Crippen LogP contribution in [0.1, 0.15) is 32.3 Å². The molecule has 4 heteroatoms. The summed E-state index contributed by atoms with van der Waals surface area (Å²) in [5, 5.41) is 0. The van der Waals surface area contributed by atoms with Crippen LogP contribution in [0.2, 0.25) is 0 Å². The number of Topliss-reactive ketones (excluding diaryl/α,β-unsaturated/α-hetero) is 1. The summed E-state index contributed by atoms with van der Waals surface area (Å²) < 4.78 is 27.2. The number of ketones is 1. The zero-order valence-electron chi connectivity index (χ0n) is 9.90. The van der Waals surface area contributed by atoms with E-state index in [-0.39, 0.29) is 34.6 Å². The van der Waals surface area contributed by atoms with E-state index in [1.807, 2.05) is 13.8 Å². The maximum absolute atomic E-state index is 13.6. The molecule has 1 aromatic carbocycles. The van der Waals surface area contributed by atoms with Crippen molar-refractivity contribution in [3.05, 3.63) is 33.8 Å². The molecule has 94 valence electrons. The van der Waals surface area contributed by atoms with Crippen LogP contribution in [0.4, 0.5) is 8.78 Å². The fourth-order valence-electron chi connectivity index (χ4n) is 1.62. The Bertz CT molecular complexity index is 416. The first-order valence-electron chi connectivity index (χ1n) is 5.56. The maximum atomic E-state index is 13.6. The lowest BCUT2D eigenvalue weighted by molar-refractivity contribution is -0.119. The Morgan fingerprint density at radius 2 is 2.00 bits per heavy atom. The molecule has 0 heterocycles. The van der Waals surface area contributed by atoms with Crippen molar-refractivity contribution in [1.82, 2.24) is 0 Å². The SMILES string of the molecule is CC(C)CC(=O)CCc1c(F)ccc(Br)c1F. The summed E-state index contributed by atoms with van der Waals surface area (Å²) >= 11 is 3.00. The van der Waals surface area contributed by atoms with Gasteiger partial charge in [-0.15, -0.1) is 0 Å². The molecule has 0 aromatic heterocycles. The number of carbonyl (C=O) groups is 1. The normalized spacial score (nSPS) is 10.9. The van der Waals surface area contributed by atoms with Gasteiger partial charge in [-0.25, -0.2) is 8.78 Å². The maximum Gasteiger partial charge on any atom is 0.143 e. The highest BCUT2D eigenvalue weighted by molar-refractivity contribution is 9.10. The zero-order chi connectivity index (χ0) is 13.0. The van der Waals surface area contributed by atoms with E-state index >= 15 is 0 Å². The van der Waals surface area contributed by atoms with Crippen molar-refractivity contribution in [2.45, 2.75) is 33.1 Å². The number of benzene rings is 1. The molecule has 0 bridgehead atoms. The third-order valence-electron chi connectivity index (χ3n) is 2.43. The van der Waals surface area contributed by atoms with Crippen molar-refractivity contribution < 1.29 is 13.6 Å². The highest BCUT2D eigenvalue weighted by Crippen LogP contribution is 2.23. The standard InChI is InChI=1S/C13H15BrF2O/c1-8(2)7-9(17)3-4-10-12(15)6-5-11(14)13(10)16/h5-6,8H,3-4,7H2,1-2H3. The molecule has 0 aliphatic rings. The van der Waals surface area contributed by atoms with E-state index in [4.69, 9.17) is 0 Å². The summed E-state index contributed by atoms with van der Waals surface area (Å²) in [7, 11) is 0. The van der Waals surface area contributed by atoms with Crippen LogP contribution < -0.4 is 0 Å². The van der Waals surface area contributed by atoms with Gasteiger partial charge in [-0.05, 0) is 40.4 Å². The number of hydrogen-bond acceptors (Lipinski definition) is 1. The predicted octanol–water partition coefficient (Wildman–Crippen LogP) is 4.28. The van der Waals surface area contributed by atoms with Crippen LogP contribution in [0.15, 0.2) is 16.6 Å². The fraction of sp³-hybridized carbons (Fsp3) is 0.462. The first-order chi connectivity index (χ1) is 7.91. The van der Waals surface area contributed by atoms with E-state index in [1.54, 1.807) is 0 Å². The van der Waals surface area contributed by atoms with Gasteiger partial charge in [-0.2, -0.15) is 0 Å². The predicted molar refractivity (Wildman–Crippen MR) is 66.8 cm³/mol. The summed E-state index contributed by atoms with van der Waals surface area (Å²) in [6, 6.07) is 2.53. The van der Waals surface area contributed by atoms with Gasteiger partial charge >= 0.3 is 0 Å². The van der Waals surface area contributed by atoms with Crippen LogP contribution in [-0.4, -0.2) is 5.78 Å². The smallest absolute Gasteiger partial charge is 0.143 e. The highest BCUT2D eigenvalue weighted by atomic mass is 79.9. The van der Waals surface area contributed by atoms with E-state index < -0.39 is 11.6 Å². The van der Waals surface area contributed by atoms with Gasteiger partial charge in [0.15, 0.2) is 0 Å². The molecule has 0 unspecified atom stereocenters. The second-order valence-electron chi connectivity index (χ2n) is 4.46. The van der Waals surface area contributed by atoms with E-state index in [9.17, 15) is 13.6 Å². The van der Waals surface area contributed by atoms with Crippen LogP contribution in [0.25, 0.3) is 0 Å². The topological polar surface area (TPSA) is 17.1 Å². The summed E-state index contributed by atoms with van der Waals surface area (Å²) in [5.41, 5.74) is -0.0171. The Labute approximate surface area is 108 Å². The summed E-state index contributed by atoms with van der Waals surface area (Å²) in [6.45, 7) is 3.89. The molecule has 1 nitrogen and oxygen atoms in total. The molecular formula is C13H15BrF2O. The van der Waals surface area contributed by atoms with Crippen LogP contribution in [-0.2, 0) is 11.2 Å². The van der Waals surface area contributed by atoms with Gasteiger partial charge in [0.2, 0.25) is 0 Å². The third kappa shape index (κ3) is 4.19. The molecule has 0 saturated heterocycles. The largest absolute Gasteiger partial charge is 0.300 e. The lowest BCUT2D eigenvalue weighted by Crippen LogP contribution is -2.06. The molecule has 1 rings (SSSR count). The van der Waals surface area contributed by atoms with Crippen LogP contribution >= 0.6 is 15.9 Å². The molecule has 0 saturated carbocycles. The summed E-state index contributed by atoms with van der Waals surface area (Å²) in [6.07, 6.45) is 0.752. The molecule has 0 radical (unpaired) electrons. The number of rotatable bonds is 5. The second kappa shape index (κ2) is 6.24. The third-order valence-corrected chi connectivity index (χ3v) is 3.04. The van der Waals surface area contributed by atoms with E-state index in [1.165, 1.54) is 12.1 Å². The van der Waals surface area contributed by atoms with E-state index in [2.05, 4.69) is 15.9 Å². The van der Waals surface area contributed by atoms with Gasteiger partial charge in [-0.1, -0.05) is 13.8 Å². The minimum Gasteiger partial charge on any atom is -0.300 e. The molecule has 0 amide bonds. The number of halogens is 3. The van der Waals surface area contributed by atoms with Crippen LogP contribution in [0.3, 0.4) is 0 Å². The average Bonchev–Trinajstić information content (AvgIpc) is 2.23. The van der Waals surface area contributed by atoms with Crippen molar-refractivity contribution in [2.24, 2.45) is 5.92 Å². The zero-order valence-corrected chi connectivity index (χ0v) is 11.5. The van der Waals surface area contributed by atoms with Gasteiger partial charge < -0.3 is 0 Å². The molecule has 0 fully saturated rings. The second-order valence-corrected chi connectivity index (χ2v) is 5.31. The van der Waals surface area contributed by atoms with E-state index in [0.717, 1.165) is 0 Å². The lowest BCUT2D eigenvalue weighted by atomic mass is 10.0. The lowest BCUT2D eigenvalue weighted by Gasteiger charge is -2.07. The Kier molecular flexibility index (Phi) is 5.25. The van der Waals surface area contributed by atoms with Crippen LogP contribution in [0, 0.1) is 17.6 Å². The van der Waals surface area contributed by atoms with Crippen molar-refractivity contribution in [1.29, 1.82) is 0 Å². The minimum atomic E-state index is -0.609. The number of carbonyl (C=O) groups excluding carboxylic acids is 1. The molecule has 0 atom stereocenters. The molecular weight excluding hydrogens is 290 g/mol. The van der Waals surface area contributed by atoms with Crippen molar-refractivity contribution in [3.8, 4) is 0 Å². The Morgan fingerprint density at radius 3 is 2.59 bits per heavy atom. The Hall–Kier alpha value is -0.770. The summed E-state index contributed by atoms with van der Waals surface area (Å²) in [5.74, 6) is -0.885. The van der Waals surface area contributed by atoms with Crippen molar-refractivity contribution in [3.63, 3.8) is 0 Å². The molecule has 0 aliphatic heterocycles. The van der Waals surface area contributed by atoms with Gasteiger partial charge in [0, 0.05) is 18.4 Å². The first kappa shape index (κ1) is 14.3. The van der Waals surface area contributed by atoms with Gasteiger partial charge in [0.25, 0.3) is 0 Å². The number of hydrogen-bond donors (Lipinski definition) is 0. The average molecular weight is 305 g/mol. The van der Waals surface area contributed by atoms with Gasteiger partial charge in [0.1, 0.15) is 17.4 Å². The Balaban J connectivity index is 2.69. The summed E-state index contributed by atoms with van der Waals surface area (Å²) in [4.78, 5) is 11.5.